The van der Waals surface area contributed by atoms with Gasteiger partial charge >= 0.3 is 0 Å². The van der Waals surface area contributed by atoms with Crippen LogP contribution < -0.4 is 5.32 Å². The SMILES string of the molecule is O=C(C=Cc1c(F)cccc1F)Nc1nccs1. The summed E-state index contributed by atoms with van der Waals surface area (Å²) >= 11 is 1.25. The molecule has 0 fully saturated rings. The van der Waals surface area contributed by atoms with Crippen molar-refractivity contribution in [2.24, 2.45) is 0 Å². The van der Waals surface area contributed by atoms with Crippen LogP contribution in [0.5, 0.6) is 0 Å². The van der Waals surface area contributed by atoms with Gasteiger partial charge in [0.15, 0.2) is 5.13 Å². The zero-order valence-electron chi connectivity index (χ0n) is 9.06. The summed E-state index contributed by atoms with van der Waals surface area (Å²) in [6.45, 7) is 0. The zero-order valence-corrected chi connectivity index (χ0v) is 9.88. The molecule has 1 aromatic carbocycles. The summed E-state index contributed by atoms with van der Waals surface area (Å²) in [7, 11) is 0. The Morgan fingerprint density at radius 1 is 1.33 bits per heavy atom. The highest BCUT2D eigenvalue weighted by Gasteiger charge is 2.05. The van der Waals surface area contributed by atoms with Crippen LogP contribution in [0.1, 0.15) is 5.56 Å². The van der Waals surface area contributed by atoms with Crippen LogP contribution in [0.3, 0.4) is 0 Å². The molecule has 3 nitrogen and oxygen atoms in total. The van der Waals surface area contributed by atoms with E-state index in [2.05, 4.69) is 10.3 Å². The Bertz CT molecular complexity index is 562. The number of nitrogens with zero attached hydrogens (tertiary/aromatic N) is 1. The maximum Gasteiger partial charge on any atom is 0.250 e. The second kappa shape index (κ2) is 5.50. The summed E-state index contributed by atoms with van der Waals surface area (Å²) in [5.41, 5.74) is -0.244. The second-order valence-corrected chi connectivity index (χ2v) is 4.19. The molecule has 18 heavy (non-hydrogen) atoms. The Hall–Kier alpha value is -2.08. The quantitative estimate of drug-likeness (QED) is 0.867. The van der Waals surface area contributed by atoms with E-state index in [9.17, 15) is 13.6 Å². The Morgan fingerprint density at radius 2 is 2.06 bits per heavy atom. The molecule has 0 unspecified atom stereocenters. The van der Waals surface area contributed by atoms with E-state index in [-0.39, 0.29) is 5.56 Å². The first kappa shape index (κ1) is 12.4. The van der Waals surface area contributed by atoms with Crippen molar-refractivity contribution in [3.8, 4) is 0 Å². The lowest BCUT2D eigenvalue weighted by atomic mass is 10.2. The van der Waals surface area contributed by atoms with Gasteiger partial charge in [-0.25, -0.2) is 13.8 Å². The number of amides is 1. The van der Waals surface area contributed by atoms with Crippen molar-refractivity contribution in [1.82, 2.24) is 4.98 Å². The fourth-order valence-corrected chi connectivity index (χ4v) is 1.79. The monoisotopic (exact) mass is 266 g/mol. The number of carbonyl (C=O) groups is 1. The van der Waals surface area contributed by atoms with Gasteiger partial charge < -0.3 is 0 Å². The number of hydrogen-bond donors (Lipinski definition) is 1. The van der Waals surface area contributed by atoms with E-state index in [1.54, 1.807) is 11.6 Å². The summed E-state index contributed by atoms with van der Waals surface area (Å²) in [6, 6.07) is 3.51. The normalized spacial score (nSPS) is 10.8. The number of rotatable bonds is 3. The van der Waals surface area contributed by atoms with Crippen LogP contribution in [0.15, 0.2) is 35.9 Å². The third-order valence-corrected chi connectivity index (χ3v) is 2.75. The van der Waals surface area contributed by atoms with Gasteiger partial charge in [-0.3, -0.25) is 10.1 Å². The van der Waals surface area contributed by atoms with Gasteiger partial charge in [-0.2, -0.15) is 0 Å². The second-order valence-electron chi connectivity index (χ2n) is 3.30. The summed E-state index contributed by atoms with van der Waals surface area (Å²) in [5, 5.41) is 4.60. The van der Waals surface area contributed by atoms with Crippen LogP contribution >= 0.6 is 11.3 Å². The van der Waals surface area contributed by atoms with Crippen molar-refractivity contribution >= 4 is 28.5 Å². The van der Waals surface area contributed by atoms with E-state index >= 15 is 0 Å². The van der Waals surface area contributed by atoms with Crippen molar-refractivity contribution in [3.05, 3.63) is 53.0 Å². The smallest absolute Gasteiger partial charge is 0.250 e. The molecule has 0 bridgehead atoms. The van der Waals surface area contributed by atoms with Gasteiger partial charge in [-0.05, 0) is 18.2 Å². The number of carbonyl (C=O) groups excluding carboxylic acids is 1. The Kier molecular flexibility index (Phi) is 3.78. The Labute approximate surface area is 106 Å². The van der Waals surface area contributed by atoms with Crippen molar-refractivity contribution < 1.29 is 13.6 Å². The molecule has 1 N–H and O–H groups in total. The molecule has 92 valence electrons. The van der Waals surface area contributed by atoms with Crippen LogP contribution in [0.4, 0.5) is 13.9 Å². The number of halogens is 2. The van der Waals surface area contributed by atoms with Crippen LogP contribution in [-0.2, 0) is 4.79 Å². The molecule has 0 radical (unpaired) electrons. The molecule has 2 rings (SSSR count). The van der Waals surface area contributed by atoms with Gasteiger partial charge in [-0.15, -0.1) is 11.3 Å². The number of aromatic nitrogens is 1. The fraction of sp³-hybridized carbons (Fsp3) is 0. The lowest BCUT2D eigenvalue weighted by Gasteiger charge is -1.98. The molecule has 0 saturated heterocycles. The molecule has 1 amide bonds. The van der Waals surface area contributed by atoms with Gasteiger partial charge in [0, 0.05) is 23.2 Å². The molecular formula is C12H8F2N2OS. The molecule has 0 atom stereocenters. The van der Waals surface area contributed by atoms with E-state index in [0.29, 0.717) is 5.13 Å². The maximum atomic E-state index is 13.2. The van der Waals surface area contributed by atoms with E-state index in [0.717, 1.165) is 24.3 Å². The third kappa shape index (κ3) is 2.98. The highest BCUT2D eigenvalue weighted by molar-refractivity contribution is 7.13. The molecule has 0 saturated carbocycles. The minimum atomic E-state index is -0.715. The molecule has 1 heterocycles. The van der Waals surface area contributed by atoms with Crippen molar-refractivity contribution in [3.63, 3.8) is 0 Å². The van der Waals surface area contributed by atoms with Gasteiger partial charge in [-0.1, -0.05) is 6.07 Å². The number of hydrogen-bond acceptors (Lipinski definition) is 3. The van der Waals surface area contributed by atoms with E-state index < -0.39 is 17.5 Å². The van der Waals surface area contributed by atoms with Crippen LogP contribution in [0.2, 0.25) is 0 Å². The number of thiazole rings is 1. The van der Waals surface area contributed by atoms with E-state index in [1.807, 2.05) is 0 Å². The molecule has 0 aliphatic heterocycles. The summed E-state index contributed by atoms with van der Waals surface area (Å²) in [5.74, 6) is -1.92. The number of anilines is 1. The fourth-order valence-electron chi connectivity index (χ4n) is 1.26. The molecule has 2 aromatic rings. The minimum Gasteiger partial charge on any atom is -0.298 e. The van der Waals surface area contributed by atoms with Crippen molar-refractivity contribution in [2.75, 3.05) is 5.32 Å². The third-order valence-electron chi connectivity index (χ3n) is 2.06. The van der Waals surface area contributed by atoms with Crippen molar-refractivity contribution in [1.29, 1.82) is 0 Å². The van der Waals surface area contributed by atoms with Crippen molar-refractivity contribution in [2.45, 2.75) is 0 Å². The minimum absolute atomic E-state index is 0.244. The lowest BCUT2D eigenvalue weighted by Crippen LogP contribution is -2.07. The van der Waals surface area contributed by atoms with Crippen LogP contribution in [-0.4, -0.2) is 10.9 Å². The average molecular weight is 266 g/mol. The Balaban J connectivity index is 2.09. The van der Waals surface area contributed by atoms with Crippen LogP contribution in [0.25, 0.3) is 6.08 Å². The lowest BCUT2D eigenvalue weighted by molar-refractivity contribution is -0.111. The van der Waals surface area contributed by atoms with E-state index in [1.165, 1.54) is 17.4 Å². The highest BCUT2D eigenvalue weighted by atomic mass is 32.1. The topological polar surface area (TPSA) is 42.0 Å². The van der Waals surface area contributed by atoms with Gasteiger partial charge in [0.05, 0.1) is 0 Å². The summed E-state index contributed by atoms with van der Waals surface area (Å²) in [6.07, 6.45) is 3.69. The van der Waals surface area contributed by atoms with Gasteiger partial charge in [0.1, 0.15) is 11.6 Å². The molecular weight excluding hydrogens is 258 g/mol. The summed E-state index contributed by atoms with van der Waals surface area (Å²) < 4.78 is 26.5. The van der Waals surface area contributed by atoms with Gasteiger partial charge in [0.25, 0.3) is 0 Å². The first-order valence-electron chi connectivity index (χ1n) is 4.99. The predicted molar refractivity (Wildman–Crippen MR) is 66.1 cm³/mol. The first-order valence-corrected chi connectivity index (χ1v) is 5.87. The summed E-state index contributed by atoms with van der Waals surface area (Å²) in [4.78, 5) is 15.3. The largest absolute Gasteiger partial charge is 0.298 e. The Morgan fingerprint density at radius 3 is 2.67 bits per heavy atom. The number of benzene rings is 1. The molecule has 0 aliphatic rings. The molecule has 6 heteroatoms. The molecule has 0 spiro atoms. The predicted octanol–water partition coefficient (Wildman–Crippen LogP) is 3.07. The molecule has 1 aromatic heterocycles. The van der Waals surface area contributed by atoms with E-state index in [4.69, 9.17) is 0 Å². The highest BCUT2D eigenvalue weighted by Crippen LogP contribution is 2.14. The number of nitrogens with one attached hydrogen (secondary N) is 1. The van der Waals surface area contributed by atoms with Crippen LogP contribution in [0, 0.1) is 11.6 Å². The maximum absolute atomic E-state index is 13.2. The van der Waals surface area contributed by atoms with Gasteiger partial charge in [0.2, 0.25) is 5.91 Å². The molecule has 0 aliphatic carbocycles. The average Bonchev–Trinajstić information content (AvgIpc) is 2.81. The first-order chi connectivity index (χ1) is 8.66. The standard InChI is InChI=1S/C12H8F2N2OS/c13-9-2-1-3-10(14)8(9)4-5-11(17)16-12-15-6-7-18-12/h1-7H,(H,15,16,17). The zero-order chi connectivity index (χ0) is 13.0.